The smallest absolute Gasteiger partial charge is 0.220 e. The van der Waals surface area contributed by atoms with E-state index in [2.05, 4.69) is 5.32 Å². The molecule has 1 aliphatic rings. The third-order valence-corrected chi connectivity index (χ3v) is 5.56. The molecule has 26 heavy (non-hydrogen) atoms. The number of methoxy groups -OCH3 is 2. The van der Waals surface area contributed by atoms with Crippen molar-refractivity contribution in [1.29, 1.82) is 0 Å². The molecule has 0 unspecified atom stereocenters. The summed E-state index contributed by atoms with van der Waals surface area (Å²) in [5.41, 5.74) is 1.88. The molecule has 3 rings (SSSR count). The van der Waals surface area contributed by atoms with Crippen LogP contribution in [0.3, 0.4) is 0 Å². The number of hydrogen-bond acceptors (Lipinski definition) is 4. The maximum Gasteiger partial charge on any atom is 0.220 e. The molecule has 1 atom stereocenters. The monoisotopic (exact) mass is 375 g/mol. The summed E-state index contributed by atoms with van der Waals surface area (Å²) in [7, 11) is 3.18. The molecule has 1 N–H and O–H groups in total. The van der Waals surface area contributed by atoms with E-state index in [-0.39, 0.29) is 17.8 Å². The van der Waals surface area contributed by atoms with Gasteiger partial charge in [-0.15, -0.1) is 11.8 Å². The Hall–Kier alpha value is -2.21. The molecule has 1 heterocycles. The highest BCUT2D eigenvalue weighted by atomic mass is 32.2. The predicted octanol–water partition coefficient (Wildman–Crippen LogP) is 4.13. The average molecular weight is 375 g/mol. The lowest BCUT2D eigenvalue weighted by atomic mass is 10.0. The van der Waals surface area contributed by atoms with Crippen LogP contribution in [0.2, 0.25) is 0 Å². The number of ether oxygens (including phenoxy) is 2. The van der Waals surface area contributed by atoms with Crippen LogP contribution in [0.5, 0.6) is 11.5 Å². The van der Waals surface area contributed by atoms with Gasteiger partial charge in [-0.2, -0.15) is 0 Å². The second-order valence-corrected chi connectivity index (χ2v) is 7.27. The Morgan fingerprint density at radius 2 is 2.00 bits per heavy atom. The quantitative estimate of drug-likeness (QED) is 0.825. The van der Waals surface area contributed by atoms with Gasteiger partial charge >= 0.3 is 0 Å². The van der Waals surface area contributed by atoms with Gasteiger partial charge in [-0.25, -0.2) is 4.39 Å². The predicted molar refractivity (Wildman–Crippen MR) is 100 cm³/mol. The van der Waals surface area contributed by atoms with Crippen molar-refractivity contribution in [2.45, 2.75) is 30.2 Å². The van der Waals surface area contributed by atoms with Crippen molar-refractivity contribution in [3.05, 3.63) is 53.3 Å². The topological polar surface area (TPSA) is 47.6 Å². The number of fused-ring (bicyclic) bond motifs is 1. The van der Waals surface area contributed by atoms with Gasteiger partial charge in [0.2, 0.25) is 5.91 Å². The minimum atomic E-state index is -0.268. The summed E-state index contributed by atoms with van der Waals surface area (Å²) in [5, 5.41) is 3.05. The molecule has 0 spiro atoms. The summed E-state index contributed by atoms with van der Waals surface area (Å²) in [5.74, 6) is 1.93. The molecular formula is C20H22FNO3S. The number of benzene rings is 2. The van der Waals surface area contributed by atoms with E-state index in [4.69, 9.17) is 9.47 Å². The molecule has 0 aliphatic carbocycles. The van der Waals surface area contributed by atoms with Crippen molar-refractivity contribution in [3.63, 3.8) is 0 Å². The number of nitrogens with one attached hydrogen (secondary N) is 1. The van der Waals surface area contributed by atoms with E-state index >= 15 is 0 Å². The molecule has 2 aromatic rings. The first-order valence-corrected chi connectivity index (χ1v) is 9.52. The molecule has 0 bridgehead atoms. The zero-order valence-corrected chi connectivity index (χ0v) is 15.7. The normalized spacial score (nSPS) is 15.9. The van der Waals surface area contributed by atoms with E-state index in [1.807, 2.05) is 18.2 Å². The fourth-order valence-electron chi connectivity index (χ4n) is 3.08. The lowest BCUT2D eigenvalue weighted by Gasteiger charge is -2.26. The van der Waals surface area contributed by atoms with Gasteiger partial charge in [0.1, 0.15) is 5.82 Å². The Labute approximate surface area is 157 Å². The van der Waals surface area contributed by atoms with Gasteiger partial charge < -0.3 is 14.8 Å². The third-order valence-electron chi connectivity index (χ3n) is 4.44. The Morgan fingerprint density at radius 1 is 1.19 bits per heavy atom. The highest BCUT2D eigenvalue weighted by Crippen LogP contribution is 2.36. The Kier molecular flexibility index (Phi) is 6.04. The molecule has 1 amide bonds. The summed E-state index contributed by atoms with van der Waals surface area (Å²) < 4.78 is 24.1. The number of amides is 1. The standard InChI is InChI=1S/C20H22FNO3S/c1-24-17-6-3-13(11-18(17)25-2)4-8-20(23)22-16-9-10-26-19-7-5-14(21)12-15(16)19/h3,5-7,11-12,16H,4,8-10H2,1-2H3,(H,22,23)/t16-/m1/s1. The van der Waals surface area contributed by atoms with Gasteiger partial charge in [-0.1, -0.05) is 6.07 Å². The average Bonchev–Trinajstić information content (AvgIpc) is 2.66. The van der Waals surface area contributed by atoms with Crippen LogP contribution in [-0.4, -0.2) is 25.9 Å². The molecule has 0 fully saturated rings. The zero-order valence-electron chi connectivity index (χ0n) is 14.9. The van der Waals surface area contributed by atoms with Crippen LogP contribution in [0.25, 0.3) is 0 Å². The number of carbonyl (C=O) groups is 1. The highest BCUT2D eigenvalue weighted by Gasteiger charge is 2.22. The maximum absolute atomic E-state index is 13.6. The first-order valence-electron chi connectivity index (χ1n) is 8.53. The minimum Gasteiger partial charge on any atom is -0.493 e. The van der Waals surface area contributed by atoms with Crippen LogP contribution in [0, 0.1) is 5.82 Å². The number of thioether (sulfide) groups is 1. The van der Waals surface area contributed by atoms with E-state index in [1.165, 1.54) is 12.1 Å². The van der Waals surface area contributed by atoms with Crippen molar-refractivity contribution < 1.29 is 18.7 Å². The molecule has 0 saturated heterocycles. The van der Waals surface area contributed by atoms with Gasteiger partial charge in [0, 0.05) is 17.1 Å². The van der Waals surface area contributed by atoms with Gasteiger partial charge in [-0.05, 0) is 54.3 Å². The SMILES string of the molecule is COc1ccc(CCC(=O)N[C@@H]2CCSc3ccc(F)cc32)cc1OC. The summed E-state index contributed by atoms with van der Waals surface area (Å²) in [4.78, 5) is 13.4. The molecule has 6 heteroatoms. The number of aryl methyl sites for hydroxylation is 1. The Balaban J connectivity index is 1.61. The lowest BCUT2D eigenvalue weighted by molar-refractivity contribution is -0.121. The second kappa shape index (κ2) is 8.45. The molecule has 2 aromatic carbocycles. The van der Waals surface area contributed by atoms with E-state index < -0.39 is 0 Å². The molecule has 0 saturated carbocycles. The summed E-state index contributed by atoms with van der Waals surface area (Å²) in [6, 6.07) is 10.3. The number of halogens is 1. The maximum atomic E-state index is 13.6. The van der Waals surface area contributed by atoms with Crippen molar-refractivity contribution in [1.82, 2.24) is 5.32 Å². The molecule has 0 radical (unpaired) electrons. The Bertz CT molecular complexity index is 797. The van der Waals surface area contributed by atoms with E-state index in [0.717, 1.165) is 28.2 Å². The lowest BCUT2D eigenvalue weighted by Crippen LogP contribution is -2.30. The molecule has 138 valence electrons. The van der Waals surface area contributed by atoms with E-state index in [1.54, 1.807) is 32.0 Å². The van der Waals surface area contributed by atoms with Crippen LogP contribution in [0.15, 0.2) is 41.3 Å². The largest absolute Gasteiger partial charge is 0.493 e. The van der Waals surface area contributed by atoms with E-state index in [0.29, 0.717) is 24.3 Å². The number of rotatable bonds is 6. The van der Waals surface area contributed by atoms with Crippen molar-refractivity contribution in [3.8, 4) is 11.5 Å². The van der Waals surface area contributed by atoms with Crippen molar-refractivity contribution >= 4 is 17.7 Å². The van der Waals surface area contributed by atoms with Crippen molar-refractivity contribution in [2.75, 3.05) is 20.0 Å². The molecule has 0 aromatic heterocycles. The van der Waals surface area contributed by atoms with Gasteiger partial charge in [0.05, 0.1) is 20.3 Å². The first kappa shape index (κ1) is 18.6. The molecule has 4 nitrogen and oxygen atoms in total. The van der Waals surface area contributed by atoms with Gasteiger partial charge in [-0.3, -0.25) is 4.79 Å². The summed E-state index contributed by atoms with van der Waals surface area (Å²) in [6.07, 6.45) is 1.77. The summed E-state index contributed by atoms with van der Waals surface area (Å²) in [6.45, 7) is 0. The minimum absolute atomic E-state index is 0.0353. The van der Waals surface area contributed by atoms with Crippen LogP contribution in [0.4, 0.5) is 4.39 Å². The fraction of sp³-hybridized carbons (Fsp3) is 0.350. The summed E-state index contributed by atoms with van der Waals surface area (Å²) >= 11 is 1.70. The third kappa shape index (κ3) is 4.30. The number of hydrogen-bond donors (Lipinski definition) is 1. The van der Waals surface area contributed by atoms with E-state index in [9.17, 15) is 9.18 Å². The van der Waals surface area contributed by atoms with Crippen molar-refractivity contribution in [2.24, 2.45) is 0 Å². The zero-order chi connectivity index (χ0) is 18.5. The fourth-order valence-corrected chi connectivity index (χ4v) is 4.18. The van der Waals surface area contributed by atoms with Crippen LogP contribution >= 0.6 is 11.8 Å². The number of carbonyl (C=O) groups excluding carboxylic acids is 1. The van der Waals surface area contributed by atoms with Gasteiger partial charge in [0.15, 0.2) is 11.5 Å². The highest BCUT2D eigenvalue weighted by molar-refractivity contribution is 7.99. The van der Waals surface area contributed by atoms with Gasteiger partial charge in [0.25, 0.3) is 0 Å². The molecular weight excluding hydrogens is 353 g/mol. The molecule has 1 aliphatic heterocycles. The van der Waals surface area contributed by atoms with Crippen LogP contribution in [0.1, 0.15) is 30.0 Å². The van der Waals surface area contributed by atoms with Crippen LogP contribution in [-0.2, 0) is 11.2 Å². The van der Waals surface area contributed by atoms with Crippen LogP contribution < -0.4 is 14.8 Å². The second-order valence-electron chi connectivity index (χ2n) is 6.13. The Morgan fingerprint density at radius 3 is 2.77 bits per heavy atom. The first-order chi connectivity index (χ1) is 12.6.